The number of nitrogens with zero attached hydrogens (tertiary/aromatic N) is 3. The SMILES string of the molecule is Cc1ccc2sc(N(CCCN3CCOCC3)C(=O)c3ccc(Cc4ccccc4)cc3)nc2c1C. The van der Waals surface area contributed by atoms with Crippen molar-refractivity contribution in [1.29, 1.82) is 0 Å². The minimum atomic E-state index is 0.0108. The lowest BCUT2D eigenvalue weighted by atomic mass is 10.0. The van der Waals surface area contributed by atoms with Crippen molar-refractivity contribution in [2.45, 2.75) is 26.7 Å². The van der Waals surface area contributed by atoms with Gasteiger partial charge in [-0.1, -0.05) is 59.9 Å². The van der Waals surface area contributed by atoms with E-state index in [-0.39, 0.29) is 5.91 Å². The van der Waals surface area contributed by atoms with Crippen molar-refractivity contribution < 1.29 is 9.53 Å². The molecule has 0 spiro atoms. The van der Waals surface area contributed by atoms with Gasteiger partial charge in [0, 0.05) is 31.7 Å². The van der Waals surface area contributed by atoms with Crippen molar-refractivity contribution in [3.05, 3.63) is 94.5 Å². The second-order valence-electron chi connectivity index (χ2n) is 9.47. The van der Waals surface area contributed by atoms with Gasteiger partial charge in [0.15, 0.2) is 5.13 Å². The van der Waals surface area contributed by atoms with Gasteiger partial charge in [0.25, 0.3) is 5.91 Å². The summed E-state index contributed by atoms with van der Waals surface area (Å²) in [6, 6.07) is 22.7. The molecule has 1 amide bonds. The summed E-state index contributed by atoms with van der Waals surface area (Å²) < 4.78 is 6.60. The highest BCUT2D eigenvalue weighted by atomic mass is 32.1. The largest absolute Gasteiger partial charge is 0.379 e. The van der Waals surface area contributed by atoms with Crippen LogP contribution in [0.4, 0.5) is 5.13 Å². The third-order valence-electron chi connectivity index (χ3n) is 6.96. The molecule has 5 nitrogen and oxygen atoms in total. The number of aromatic nitrogens is 1. The van der Waals surface area contributed by atoms with E-state index in [1.165, 1.54) is 22.3 Å². The van der Waals surface area contributed by atoms with Crippen molar-refractivity contribution in [2.75, 3.05) is 44.3 Å². The number of rotatable bonds is 8. The molecule has 1 fully saturated rings. The Bertz CT molecular complexity index is 1310. The average Bonchev–Trinajstić information content (AvgIpc) is 3.35. The van der Waals surface area contributed by atoms with E-state index in [1.54, 1.807) is 11.3 Å². The lowest BCUT2D eigenvalue weighted by Crippen LogP contribution is -2.39. The summed E-state index contributed by atoms with van der Waals surface area (Å²) in [6.45, 7) is 9.29. The number of aryl methyl sites for hydroxylation is 2. The summed E-state index contributed by atoms with van der Waals surface area (Å²) in [6.07, 6.45) is 1.75. The maximum absolute atomic E-state index is 13.8. The Morgan fingerprint density at radius 3 is 2.44 bits per heavy atom. The van der Waals surface area contributed by atoms with Gasteiger partial charge >= 0.3 is 0 Å². The van der Waals surface area contributed by atoms with E-state index in [2.05, 4.69) is 67.3 Å². The minimum Gasteiger partial charge on any atom is -0.379 e. The molecule has 1 saturated heterocycles. The van der Waals surface area contributed by atoms with E-state index in [4.69, 9.17) is 9.72 Å². The summed E-state index contributed by atoms with van der Waals surface area (Å²) in [7, 11) is 0. The second kappa shape index (κ2) is 11.3. The Hall–Kier alpha value is -3.06. The highest BCUT2D eigenvalue weighted by Gasteiger charge is 2.22. The zero-order valence-electron chi connectivity index (χ0n) is 21.1. The molecule has 0 radical (unpaired) electrons. The van der Waals surface area contributed by atoms with Crippen LogP contribution in [0.1, 0.15) is 39.0 Å². The summed E-state index contributed by atoms with van der Waals surface area (Å²) in [4.78, 5) is 23.0. The number of ether oxygens (including phenoxy) is 1. The fraction of sp³-hybridized carbons (Fsp3) is 0.333. The molecule has 5 rings (SSSR count). The molecule has 6 heteroatoms. The van der Waals surface area contributed by atoms with Crippen LogP contribution in [-0.4, -0.2) is 55.2 Å². The van der Waals surface area contributed by atoms with Gasteiger partial charge in [-0.05, 0) is 67.1 Å². The molecule has 1 aliphatic rings. The van der Waals surface area contributed by atoms with Crippen molar-refractivity contribution in [2.24, 2.45) is 0 Å². The molecule has 2 heterocycles. The molecule has 0 atom stereocenters. The molecule has 0 N–H and O–H groups in total. The molecule has 0 saturated carbocycles. The van der Waals surface area contributed by atoms with Crippen LogP contribution in [0.2, 0.25) is 0 Å². The highest BCUT2D eigenvalue weighted by molar-refractivity contribution is 7.22. The number of thiazole rings is 1. The lowest BCUT2D eigenvalue weighted by molar-refractivity contribution is 0.0376. The standard InChI is InChI=1S/C30H33N3O2S/c1-22-9-14-27-28(23(22)2)31-30(36-27)33(16-6-15-32-17-19-35-20-18-32)29(34)26-12-10-25(11-13-26)21-24-7-4-3-5-8-24/h3-5,7-14H,6,15-21H2,1-2H3. The monoisotopic (exact) mass is 499 g/mol. The maximum Gasteiger partial charge on any atom is 0.260 e. The van der Waals surface area contributed by atoms with Gasteiger partial charge in [-0.25, -0.2) is 4.98 Å². The van der Waals surface area contributed by atoms with Crippen molar-refractivity contribution in [3.8, 4) is 0 Å². The number of morpholine rings is 1. The fourth-order valence-corrected chi connectivity index (χ4v) is 5.69. The van der Waals surface area contributed by atoms with E-state index in [0.29, 0.717) is 12.1 Å². The Kier molecular flexibility index (Phi) is 7.75. The van der Waals surface area contributed by atoms with E-state index < -0.39 is 0 Å². The number of hydrogen-bond donors (Lipinski definition) is 0. The van der Waals surface area contributed by atoms with Crippen LogP contribution in [-0.2, 0) is 11.2 Å². The van der Waals surface area contributed by atoms with Gasteiger partial charge in [0.2, 0.25) is 0 Å². The first kappa shape index (κ1) is 24.6. The number of benzene rings is 3. The van der Waals surface area contributed by atoms with Crippen LogP contribution in [0.25, 0.3) is 10.2 Å². The van der Waals surface area contributed by atoms with Gasteiger partial charge in [-0.15, -0.1) is 0 Å². The predicted molar refractivity (Wildman–Crippen MR) is 148 cm³/mol. The van der Waals surface area contributed by atoms with Crippen LogP contribution < -0.4 is 4.90 Å². The number of hydrogen-bond acceptors (Lipinski definition) is 5. The zero-order valence-corrected chi connectivity index (χ0v) is 21.9. The number of carbonyl (C=O) groups is 1. The summed E-state index contributed by atoms with van der Waals surface area (Å²) >= 11 is 1.60. The molecule has 186 valence electrons. The van der Waals surface area contributed by atoms with Gasteiger partial charge in [-0.3, -0.25) is 14.6 Å². The number of amides is 1. The molecule has 36 heavy (non-hydrogen) atoms. The zero-order chi connectivity index (χ0) is 24.9. The predicted octanol–water partition coefficient (Wildman–Crippen LogP) is 5.87. The smallest absolute Gasteiger partial charge is 0.260 e. The van der Waals surface area contributed by atoms with Crippen LogP contribution in [0.5, 0.6) is 0 Å². The first-order chi connectivity index (χ1) is 17.6. The topological polar surface area (TPSA) is 45.7 Å². The molecule has 0 aliphatic carbocycles. The van der Waals surface area contributed by atoms with E-state index in [0.717, 1.165) is 61.0 Å². The van der Waals surface area contributed by atoms with Crippen molar-refractivity contribution in [1.82, 2.24) is 9.88 Å². The van der Waals surface area contributed by atoms with Crippen LogP contribution in [0, 0.1) is 13.8 Å². The molecule has 1 aliphatic heterocycles. The third-order valence-corrected chi connectivity index (χ3v) is 8.00. The molecule has 0 bridgehead atoms. The molecule has 3 aromatic carbocycles. The van der Waals surface area contributed by atoms with Crippen molar-refractivity contribution >= 4 is 32.6 Å². The average molecular weight is 500 g/mol. The first-order valence-corrected chi connectivity index (χ1v) is 13.5. The second-order valence-corrected chi connectivity index (χ2v) is 10.5. The van der Waals surface area contributed by atoms with E-state index >= 15 is 0 Å². The first-order valence-electron chi connectivity index (χ1n) is 12.7. The van der Waals surface area contributed by atoms with Crippen LogP contribution in [0.15, 0.2) is 66.7 Å². The lowest BCUT2D eigenvalue weighted by Gasteiger charge is -2.27. The van der Waals surface area contributed by atoms with E-state index in [9.17, 15) is 4.79 Å². The Morgan fingerprint density at radius 2 is 1.69 bits per heavy atom. The van der Waals surface area contributed by atoms with Gasteiger partial charge < -0.3 is 4.74 Å². The number of anilines is 1. The van der Waals surface area contributed by atoms with Crippen LogP contribution >= 0.6 is 11.3 Å². The normalized spacial score (nSPS) is 14.3. The Balaban J connectivity index is 1.37. The van der Waals surface area contributed by atoms with Gasteiger partial charge in [-0.2, -0.15) is 0 Å². The molecular formula is C30H33N3O2S. The molecule has 0 unspecified atom stereocenters. The fourth-order valence-electron chi connectivity index (χ4n) is 4.64. The summed E-state index contributed by atoms with van der Waals surface area (Å²) in [5.41, 5.74) is 6.56. The molecule has 4 aromatic rings. The van der Waals surface area contributed by atoms with E-state index in [1.807, 2.05) is 23.1 Å². The summed E-state index contributed by atoms with van der Waals surface area (Å²) in [5.74, 6) is 0.0108. The minimum absolute atomic E-state index is 0.0108. The summed E-state index contributed by atoms with van der Waals surface area (Å²) in [5, 5.41) is 0.777. The van der Waals surface area contributed by atoms with Gasteiger partial charge in [0.1, 0.15) is 0 Å². The molecule has 1 aromatic heterocycles. The Morgan fingerprint density at radius 1 is 0.972 bits per heavy atom. The number of carbonyl (C=O) groups excluding carboxylic acids is 1. The third kappa shape index (κ3) is 5.67. The highest BCUT2D eigenvalue weighted by Crippen LogP contribution is 2.33. The van der Waals surface area contributed by atoms with Crippen molar-refractivity contribution in [3.63, 3.8) is 0 Å². The quantitative estimate of drug-likeness (QED) is 0.304. The Labute approximate surface area is 217 Å². The van der Waals surface area contributed by atoms with Gasteiger partial charge in [0.05, 0.1) is 23.4 Å². The maximum atomic E-state index is 13.8. The number of fused-ring (bicyclic) bond motifs is 1. The van der Waals surface area contributed by atoms with Crippen LogP contribution in [0.3, 0.4) is 0 Å². The molecular weight excluding hydrogens is 466 g/mol.